The van der Waals surface area contributed by atoms with Gasteiger partial charge >= 0.3 is 90.8 Å². The SMILES string of the molecule is [Li][CH2]c1ccccc1CCCCC. The molecule has 0 amide bonds. The van der Waals surface area contributed by atoms with Gasteiger partial charge in [-0.3, -0.25) is 0 Å². The zero-order valence-electron chi connectivity index (χ0n) is 8.84. The van der Waals surface area contributed by atoms with E-state index in [0.29, 0.717) is 0 Å². The number of benzene rings is 1. The van der Waals surface area contributed by atoms with E-state index in [4.69, 9.17) is 0 Å². The van der Waals surface area contributed by atoms with Gasteiger partial charge in [-0.1, -0.05) is 0 Å². The standard InChI is InChI=1S/C12H17.Li/c1-3-4-5-9-12-10-7-6-8-11(12)2;/h6-8,10H,2-5,9H2,1H3;. The number of rotatable bonds is 5. The molecule has 0 aliphatic rings. The third kappa shape index (κ3) is 3.59. The average molecular weight is 168 g/mol. The van der Waals surface area contributed by atoms with Crippen LogP contribution in [0.1, 0.15) is 37.3 Å². The zero-order chi connectivity index (χ0) is 9.52. The van der Waals surface area contributed by atoms with Crippen molar-refractivity contribution in [2.75, 3.05) is 0 Å². The Balaban J connectivity index is 2.54. The van der Waals surface area contributed by atoms with Crippen LogP contribution in [-0.4, -0.2) is 17.7 Å². The second-order valence-electron chi connectivity index (χ2n) is 3.58. The third-order valence-corrected chi connectivity index (χ3v) is 2.55. The fraction of sp³-hybridized carbons (Fsp3) is 0.500. The van der Waals surface area contributed by atoms with E-state index in [0.717, 1.165) is 0 Å². The number of aryl methyl sites for hydroxylation is 1. The van der Waals surface area contributed by atoms with Crippen LogP contribution in [0.25, 0.3) is 0 Å². The minimum absolute atomic E-state index is 1.17. The molecule has 0 aliphatic carbocycles. The van der Waals surface area contributed by atoms with Crippen LogP contribution in [0.3, 0.4) is 0 Å². The van der Waals surface area contributed by atoms with Crippen LogP contribution in [0.2, 0.25) is 0 Å². The van der Waals surface area contributed by atoms with Gasteiger partial charge in [0.2, 0.25) is 0 Å². The van der Waals surface area contributed by atoms with Crippen molar-refractivity contribution in [2.24, 2.45) is 0 Å². The molecule has 0 heterocycles. The van der Waals surface area contributed by atoms with Gasteiger partial charge in [0.1, 0.15) is 0 Å². The molecule has 13 heavy (non-hydrogen) atoms. The molecule has 0 N–H and O–H groups in total. The predicted molar refractivity (Wildman–Crippen MR) is 59.1 cm³/mol. The molecule has 1 aromatic rings. The summed E-state index contributed by atoms with van der Waals surface area (Å²) in [6.07, 6.45) is 5.28. The van der Waals surface area contributed by atoms with Gasteiger partial charge in [0.05, 0.1) is 0 Å². The first-order valence-electron chi connectivity index (χ1n) is 5.45. The van der Waals surface area contributed by atoms with Crippen molar-refractivity contribution in [3.8, 4) is 0 Å². The Bertz CT molecular complexity index is 243. The summed E-state index contributed by atoms with van der Waals surface area (Å²) in [5.41, 5.74) is 3.08. The van der Waals surface area contributed by atoms with Crippen molar-refractivity contribution in [1.82, 2.24) is 0 Å². The summed E-state index contributed by atoms with van der Waals surface area (Å²) in [5, 5.41) is 1.17. The van der Waals surface area contributed by atoms with E-state index in [2.05, 4.69) is 48.9 Å². The monoisotopic (exact) mass is 168 g/mol. The van der Waals surface area contributed by atoms with E-state index in [1.54, 1.807) is 5.56 Å². The average Bonchev–Trinajstić information content (AvgIpc) is 2.19. The summed E-state index contributed by atoms with van der Waals surface area (Å²) in [5.74, 6) is 0. The van der Waals surface area contributed by atoms with Crippen LogP contribution < -0.4 is 0 Å². The first kappa shape index (κ1) is 10.9. The molecule has 0 radical (unpaired) electrons. The molecule has 0 nitrogen and oxygen atoms in total. The van der Waals surface area contributed by atoms with E-state index in [-0.39, 0.29) is 0 Å². The molecule has 0 unspecified atom stereocenters. The maximum atomic E-state index is 2.27. The van der Waals surface area contributed by atoms with Gasteiger partial charge in [-0.2, -0.15) is 0 Å². The van der Waals surface area contributed by atoms with Gasteiger partial charge in [0, 0.05) is 0 Å². The van der Waals surface area contributed by atoms with Gasteiger partial charge in [-0.05, 0) is 0 Å². The van der Waals surface area contributed by atoms with Crippen molar-refractivity contribution in [1.29, 1.82) is 0 Å². The van der Waals surface area contributed by atoms with Gasteiger partial charge in [-0.25, -0.2) is 0 Å². The van der Waals surface area contributed by atoms with E-state index < -0.39 is 0 Å². The summed E-state index contributed by atoms with van der Waals surface area (Å²) in [4.78, 5) is 0. The van der Waals surface area contributed by atoms with Crippen LogP contribution in [-0.2, 0) is 11.5 Å². The molecule has 66 valence electrons. The summed E-state index contributed by atoms with van der Waals surface area (Å²) in [6.45, 7) is 2.26. The van der Waals surface area contributed by atoms with Gasteiger partial charge in [-0.15, -0.1) is 0 Å². The van der Waals surface area contributed by atoms with E-state index in [1.807, 2.05) is 0 Å². The first-order chi connectivity index (χ1) is 6.38. The fourth-order valence-corrected chi connectivity index (χ4v) is 1.71. The maximum absolute atomic E-state index is 2.27. The number of unbranched alkanes of at least 4 members (excludes halogenated alkanes) is 2. The molecule has 0 aromatic heterocycles. The van der Waals surface area contributed by atoms with Gasteiger partial charge in [0.15, 0.2) is 0 Å². The van der Waals surface area contributed by atoms with Crippen molar-refractivity contribution >= 4 is 17.7 Å². The second kappa shape index (κ2) is 6.30. The summed E-state index contributed by atoms with van der Waals surface area (Å²) < 4.78 is 0. The molecule has 0 bridgehead atoms. The number of hydrogen-bond donors (Lipinski definition) is 0. The Hall–Kier alpha value is -0.183. The summed E-state index contributed by atoms with van der Waals surface area (Å²) >= 11 is 2.23. The molecular weight excluding hydrogens is 151 g/mol. The van der Waals surface area contributed by atoms with Crippen LogP contribution in [0.4, 0.5) is 0 Å². The van der Waals surface area contributed by atoms with E-state index in [1.165, 1.54) is 36.3 Å². The summed E-state index contributed by atoms with van der Waals surface area (Å²) in [6, 6.07) is 8.82. The number of hydrogen-bond acceptors (Lipinski definition) is 0. The Morgan fingerprint density at radius 3 is 2.38 bits per heavy atom. The van der Waals surface area contributed by atoms with Crippen molar-refractivity contribution in [2.45, 2.75) is 37.7 Å². The Kier molecular flexibility index (Phi) is 5.28. The second-order valence-corrected chi connectivity index (χ2v) is 3.58. The zero-order valence-corrected chi connectivity index (χ0v) is 8.84. The molecular formula is C12H17Li. The van der Waals surface area contributed by atoms with Crippen LogP contribution in [0.5, 0.6) is 0 Å². The van der Waals surface area contributed by atoms with Crippen LogP contribution >= 0.6 is 0 Å². The Labute approximate surface area is 90.9 Å². The first-order valence-corrected chi connectivity index (χ1v) is 5.45. The Morgan fingerprint density at radius 1 is 1.08 bits per heavy atom. The topological polar surface area (TPSA) is 0 Å². The van der Waals surface area contributed by atoms with Crippen molar-refractivity contribution in [3.05, 3.63) is 35.4 Å². The van der Waals surface area contributed by atoms with Crippen LogP contribution in [0.15, 0.2) is 24.3 Å². The predicted octanol–water partition coefficient (Wildman–Crippen LogP) is 3.09. The van der Waals surface area contributed by atoms with Gasteiger partial charge in [0.25, 0.3) is 0 Å². The Morgan fingerprint density at radius 2 is 1.77 bits per heavy atom. The quantitative estimate of drug-likeness (QED) is 0.468. The summed E-state index contributed by atoms with van der Waals surface area (Å²) in [7, 11) is 0. The molecule has 0 atom stereocenters. The van der Waals surface area contributed by atoms with E-state index >= 15 is 0 Å². The molecule has 1 heteroatoms. The van der Waals surface area contributed by atoms with Gasteiger partial charge < -0.3 is 0 Å². The normalized spacial score (nSPS) is 10.4. The van der Waals surface area contributed by atoms with Crippen molar-refractivity contribution in [3.63, 3.8) is 0 Å². The molecule has 0 aliphatic heterocycles. The molecule has 1 rings (SSSR count). The minimum atomic E-state index is 1.17. The molecule has 0 saturated heterocycles. The van der Waals surface area contributed by atoms with Crippen LogP contribution in [0, 0.1) is 0 Å². The molecule has 0 fully saturated rings. The van der Waals surface area contributed by atoms with E-state index in [9.17, 15) is 0 Å². The third-order valence-electron chi connectivity index (χ3n) is 2.55. The fourth-order valence-electron chi connectivity index (χ4n) is 1.71. The molecule has 0 saturated carbocycles. The van der Waals surface area contributed by atoms with Crippen molar-refractivity contribution < 1.29 is 0 Å². The molecule has 1 aromatic carbocycles. The molecule has 0 spiro atoms.